The van der Waals surface area contributed by atoms with Gasteiger partial charge in [0.1, 0.15) is 0 Å². The molecule has 0 fully saturated rings. The molecular formula is C20H20N2O2. The standard InChI is InChI=1S/C20H20N2O2/c1-20(2,3)16-12-18(23)22-17-11-14(9-10-15(16)17)21-19(24)13-7-5-4-6-8-13/h4-12,15H,1-3H3,(H,22,23). The number of carbonyl (C=O) groups is 2. The number of amides is 2. The van der Waals surface area contributed by atoms with Gasteiger partial charge in [0.2, 0.25) is 5.91 Å². The minimum Gasteiger partial charge on any atom is -0.325 e. The van der Waals surface area contributed by atoms with Gasteiger partial charge in [-0.1, -0.05) is 45.0 Å². The third-order valence-corrected chi connectivity index (χ3v) is 4.10. The fourth-order valence-electron chi connectivity index (χ4n) is 2.91. The lowest BCUT2D eigenvalue weighted by atomic mass is 9.74. The van der Waals surface area contributed by atoms with Gasteiger partial charge in [-0.15, -0.1) is 0 Å². The molecule has 0 spiro atoms. The molecule has 122 valence electrons. The van der Waals surface area contributed by atoms with Gasteiger partial charge in [0.25, 0.3) is 5.91 Å². The Labute approximate surface area is 141 Å². The summed E-state index contributed by atoms with van der Waals surface area (Å²) < 4.78 is 0. The molecule has 1 aliphatic carbocycles. The summed E-state index contributed by atoms with van der Waals surface area (Å²) in [4.78, 5) is 28.3. The van der Waals surface area contributed by atoms with Crippen LogP contribution in [-0.2, 0) is 4.79 Å². The first-order chi connectivity index (χ1) is 11.3. The van der Waals surface area contributed by atoms with Crippen molar-refractivity contribution >= 4 is 17.5 Å². The van der Waals surface area contributed by atoms with Crippen LogP contribution in [0.4, 0.5) is 0 Å². The van der Waals surface area contributed by atoms with E-state index < -0.39 is 0 Å². The zero-order valence-electron chi connectivity index (χ0n) is 14.0. The van der Waals surface area contributed by atoms with E-state index in [0.717, 1.165) is 11.3 Å². The van der Waals surface area contributed by atoms with Crippen molar-refractivity contribution in [3.05, 3.63) is 71.5 Å². The van der Waals surface area contributed by atoms with Gasteiger partial charge in [0.15, 0.2) is 0 Å². The summed E-state index contributed by atoms with van der Waals surface area (Å²) in [5.74, 6) is -0.404. The molecule has 1 N–H and O–H groups in total. The van der Waals surface area contributed by atoms with Crippen molar-refractivity contribution in [1.82, 2.24) is 5.32 Å². The van der Waals surface area contributed by atoms with E-state index in [4.69, 9.17) is 0 Å². The van der Waals surface area contributed by atoms with Gasteiger partial charge in [0.05, 0.1) is 5.71 Å². The molecule has 2 amide bonds. The number of nitrogens with one attached hydrogen (secondary N) is 1. The average Bonchev–Trinajstić information content (AvgIpc) is 2.53. The van der Waals surface area contributed by atoms with Gasteiger partial charge in [-0.3, -0.25) is 9.59 Å². The van der Waals surface area contributed by atoms with Crippen molar-refractivity contribution in [2.24, 2.45) is 16.3 Å². The molecule has 2 aliphatic rings. The fraction of sp³-hybridized carbons (Fsp3) is 0.250. The fourth-order valence-corrected chi connectivity index (χ4v) is 2.91. The van der Waals surface area contributed by atoms with E-state index in [-0.39, 0.29) is 23.1 Å². The van der Waals surface area contributed by atoms with Crippen molar-refractivity contribution in [3.8, 4) is 0 Å². The monoisotopic (exact) mass is 320 g/mol. The number of fused-ring (bicyclic) bond motifs is 1. The molecule has 0 saturated carbocycles. The van der Waals surface area contributed by atoms with Crippen molar-refractivity contribution in [1.29, 1.82) is 0 Å². The van der Waals surface area contributed by atoms with Gasteiger partial charge < -0.3 is 5.32 Å². The lowest BCUT2D eigenvalue weighted by molar-refractivity contribution is -0.116. The highest BCUT2D eigenvalue weighted by atomic mass is 16.2. The summed E-state index contributed by atoms with van der Waals surface area (Å²) in [6.45, 7) is 6.27. The van der Waals surface area contributed by atoms with Gasteiger partial charge >= 0.3 is 0 Å². The Morgan fingerprint density at radius 2 is 1.83 bits per heavy atom. The number of hydrogen-bond donors (Lipinski definition) is 1. The van der Waals surface area contributed by atoms with Crippen molar-refractivity contribution in [3.63, 3.8) is 0 Å². The molecule has 1 heterocycles. The predicted molar refractivity (Wildman–Crippen MR) is 94.6 cm³/mol. The summed E-state index contributed by atoms with van der Waals surface area (Å²) in [7, 11) is 0. The Morgan fingerprint density at radius 3 is 2.50 bits per heavy atom. The second-order valence-electron chi connectivity index (χ2n) is 6.98. The van der Waals surface area contributed by atoms with Crippen LogP contribution < -0.4 is 5.32 Å². The number of allylic oxidation sites excluding steroid dienone is 3. The van der Waals surface area contributed by atoms with Gasteiger partial charge in [0, 0.05) is 23.3 Å². The molecule has 1 aromatic carbocycles. The Balaban J connectivity index is 1.90. The molecule has 24 heavy (non-hydrogen) atoms. The van der Waals surface area contributed by atoms with Gasteiger partial charge in [-0.25, -0.2) is 4.99 Å². The summed E-state index contributed by atoms with van der Waals surface area (Å²) in [6.07, 6.45) is 7.28. The van der Waals surface area contributed by atoms with Crippen LogP contribution in [0.15, 0.2) is 70.9 Å². The summed E-state index contributed by atoms with van der Waals surface area (Å²) >= 11 is 0. The third kappa shape index (κ3) is 3.27. The first kappa shape index (κ1) is 16.1. The van der Waals surface area contributed by atoms with E-state index in [9.17, 15) is 9.59 Å². The lowest BCUT2D eigenvalue weighted by Gasteiger charge is -2.34. The van der Waals surface area contributed by atoms with Gasteiger partial charge in [-0.05, 0) is 35.3 Å². The van der Waals surface area contributed by atoms with Crippen LogP contribution in [0.25, 0.3) is 0 Å². The maximum absolute atomic E-state index is 12.2. The van der Waals surface area contributed by atoms with Crippen LogP contribution in [0.2, 0.25) is 0 Å². The molecule has 1 atom stereocenters. The van der Waals surface area contributed by atoms with E-state index in [1.807, 2.05) is 18.2 Å². The zero-order chi connectivity index (χ0) is 17.3. The Kier molecular flexibility index (Phi) is 4.06. The van der Waals surface area contributed by atoms with Crippen LogP contribution in [0.5, 0.6) is 0 Å². The molecule has 1 aliphatic heterocycles. The molecular weight excluding hydrogens is 300 g/mol. The largest absolute Gasteiger partial charge is 0.325 e. The smallest absolute Gasteiger partial charge is 0.277 e. The molecule has 0 saturated heterocycles. The topological polar surface area (TPSA) is 58.5 Å². The Hall–Kier alpha value is -2.75. The number of benzene rings is 1. The molecule has 0 radical (unpaired) electrons. The molecule has 0 bridgehead atoms. The second-order valence-corrected chi connectivity index (χ2v) is 6.98. The maximum atomic E-state index is 12.2. The van der Waals surface area contributed by atoms with Crippen LogP contribution >= 0.6 is 0 Å². The lowest BCUT2D eigenvalue weighted by Crippen LogP contribution is -2.36. The van der Waals surface area contributed by atoms with E-state index in [1.54, 1.807) is 36.4 Å². The minimum absolute atomic E-state index is 0.0217. The predicted octanol–water partition coefficient (Wildman–Crippen LogP) is 3.44. The first-order valence-electron chi connectivity index (χ1n) is 7.95. The van der Waals surface area contributed by atoms with E-state index >= 15 is 0 Å². The Morgan fingerprint density at radius 1 is 1.12 bits per heavy atom. The van der Waals surface area contributed by atoms with E-state index in [0.29, 0.717) is 11.3 Å². The van der Waals surface area contributed by atoms with E-state index in [1.165, 1.54) is 0 Å². The molecule has 4 heteroatoms. The molecule has 4 nitrogen and oxygen atoms in total. The van der Waals surface area contributed by atoms with E-state index in [2.05, 4.69) is 31.1 Å². The molecule has 0 aromatic heterocycles. The summed E-state index contributed by atoms with van der Waals surface area (Å²) in [5, 5.41) is 2.87. The minimum atomic E-state index is -0.292. The maximum Gasteiger partial charge on any atom is 0.277 e. The first-order valence-corrected chi connectivity index (χ1v) is 7.95. The van der Waals surface area contributed by atoms with Gasteiger partial charge in [-0.2, -0.15) is 0 Å². The number of nitrogens with zero attached hydrogens (tertiary/aromatic N) is 1. The van der Waals surface area contributed by atoms with Crippen molar-refractivity contribution < 1.29 is 9.59 Å². The van der Waals surface area contributed by atoms with Crippen LogP contribution in [-0.4, -0.2) is 17.5 Å². The SMILES string of the molecule is CC(C)(C)C1=CC(=O)NC2=CC(=NC(=O)c3ccccc3)C=CC21. The number of aliphatic imine (C=N–C) groups is 1. The van der Waals surface area contributed by atoms with Crippen molar-refractivity contribution in [2.75, 3.05) is 0 Å². The molecule has 1 unspecified atom stereocenters. The molecule has 1 aromatic rings. The second kappa shape index (κ2) is 6.04. The number of rotatable bonds is 1. The number of hydrogen-bond acceptors (Lipinski definition) is 2. The third-order valence-electron chi connectivity index (χ3n) is 4.10. The van der Waals surface area contributed by atoms with Crippen molar-refractivity contribution in [2.45, 2.75) is 20.8 Å². The van der Waals surface area contributed by atoms with Crippen LogP contribution in [0.1, 0.15) is 31.1 Å². The Bertz CT molecular complexity index is 806. The van der Waals surface area contributed by atoms with Crippen LogP contribution in [0, 0.1) is 11.3 Å². The highest BCUT2D eigenvalue weighted by Gasteiger charge is 2.32. The molecule has 3 rings (SSSR count). The summed E-state index contributed by atoms with van der Waals surface area (Å²) in [6, 6.07) is 8.94. The van der Waals surface area contributed by atoms with Crippen LogP contribution in [0.3, 0.4) is 0 Å². The number of carbonyl (C=O) groups excluding carboxylic acids is 2. The quantitative estimate of drug-likeness (QED) is 0.861. The highest BCUT2D eigenvalue weighted by molar-refractivity contribution is 6.14. The zero-order valence-corrected chi connectivity index (χ0v) is 14.0. The average molecular weight is 320 g/mol. The normalized spacial score (nSPS) is 21.7. The summed E-state index contributed by atoms with van der Waals surface area (Å²) in [5.41, 5.74) is 2.81. The highest BCUT2D eigenvalue weighted by Crippen LogP contribution is 2.38.